The summed E-state index contributed by atoms with van der Waals surface area (Å²) < 4.78 is 0. The first-order valence-electron chi connectivity index (χ1n) is 5.05. The Morgan fingerprint density at radius 1 is 1.31 bits per heavy atom. The van der Waals surface area contributed by atoms with E-state index in [9.17, 15) is 0 Å². The van der Waals surface area contributed by atoms with Gasteiger partial charge in [0.2, 0.25) is 0 Å². The summed E-state index contributed by atoms with van der Waals surface area (Å²) in [4.78, 5) is 8.84. The zero-order valence-corrected chi connectivity index (χ0v) is 11.1. The fourth-order valence-corrected chi connectivity index (χ4v) is 2.59. The van der Waals surface area contributed by atoms with Crippen molar-refractivity contribution < 1.29 is 0 Å². The van der Waals surface area contributed by atoms with E-state index >= 15 is 0 Å². The standard InChI is InChI=1S/C12H13ClN2S/c1-12(2,3)9-7-16-11(15-9)10-8(13)5-4-6-14-10/h4-7H,1-3H3. The van der Waals surface area contributed by atoms with Crippen molar-refractivity contribution in [1.82, 2.24) is 9.97 Å². The van der Waals surface area contributed by atoms with Crippen LogP contribution in [0.1, 0.15) is 26.5 Å². The van der Waals surface area contributed by atoms with Crippen LogP contribution in [-0.4, -0.2) is 9.97 Å². The first kappa shape index (κ1) is 11.6. The predicted octanol–water partition coefficient (Wildman–Crippen LogP) is 4.16. The summed E-state index contributed by atoms with van der Waals surface area (Å²) in [6.07, 6.45) is 1.74. The molecule has 0 spiro atoms. The minimum absolute atomic E-state index is 0.0655. The molecule has 0 atom stereocenters. The molecule has 2 nitrogen and oxygen atoms in total. The Hall–Kier alpha value is -0.930. The summed E-state index contributed by atoms with van der Waals surface area (Å²) >= 11 is 7.67. The number of aromatic nitrogens is 2. The fourth-order valence-electron chi connectivity index (χ4n) is 1.27. The maximum atomic E-state index is 6.09. The summed E-state index contributed by atoms with van der Waals surface area (Å²) in [7, 11) is 0. The quantitative estimate of drug-likeness (QED) is 0.762. The molecule has 84 valence electrons. The summed E-state index contributed by atoms with van der Waals surface area (Å²) in [6.45, 7) is 6.43. The van der Waals surface area contributed by atoms with E-state index in [1.807, 2.05) is 12.1 Å². The Morgan fingerprint density at radius 2 is 2.06 bits per heavy atom. The lowest BCUT2D eigenvalue weighted by Crippen LogP contribution is -2.11. The van der Waals surface area contributed by atoms with E-state index in [1.54, 1.807) is 17.5 Å². The molecule has 0 amide bonds. The van der Waals surface area contributed by atoms with E-state index in [-0.39, 0.29) is 5.41 Å². The molecule has 0 aliphatic carbocycles. The second-order valence-corrected chi connectivity index (χ2v) is 5.89. The van der Waals surface area contributed by atoms with Gasteiger partial charge in [0.15, 0.2) is 0 Å². The van der Waals surface area contributed by atoms with Crippen LogP contribution in [0.2, 0.25) is 5.02 Å². The lowest BCUT2D eigenvalue weighted by Gasteiger charge is -2.14. The first-order valence-corrected chi connectivity index (χ1v) is 6.31. The van der Waals surface area contributed by atoms with Crippen LogP contribution in [0.5, 0.6) is 0 Å². The molecule has 2 aromatic rings. The van der Waals surface area contributed by atoms with Crippen molar-refractivity contribution in [3.05, 3.63) is 34.4 Å². The molecule has 0 N–H and O–H groups in total. The van der Waals surface area contributed by atoms with Gasteiger partial charge in [-0.15, -0.1) is 11.3 Å². The second-order valence-electron chi connectivity index (χ2n) is 4.62. The van der Waals surface area contributed by atoms with Crippen molar-refractivity contribution in [2.45, 2.75) is 26.2 Å². The molecule has 4 heteroatoms. The largest absolute Gasteiger partial charge is 0.252 e. The van der Waals surface area contributed by atoms with Gasteiger partial charge in [-0.25, -0.2) is 4.98 Å². The van der Waals surface area contributed by atoms with E-state index in [0.717, 1.165) is 16.4 Å². The van der Waals surface area contributed by atoms with Crippen LogP contribution >= 0.6 is 22.9 Å². The SMILES string of the molecule is CC(C)(C)c1csc(-c2ncccc2Cl)n1. The fraction of sp³-hybridized carbons (Fsp3) is 0.333. The Labute approximate surface area is 104 Å². The third-order valence-corrected chi connectivity index (χ3v) is 3.39. The van der Waals surface area contributed by atoms with Crippen LogP contribution < -0.4 is 0 Å². The smallest absolute Gasteiger partial charge is 0.143 e. The minimum atomic E-state index is 0.0655. The topological polar surface area (TPSA) is 25.8 Å². The van der Waals surface area contributed by atoms with Gasteiger partial charge < -0.3 is 0 Å². The van der Waals surface area contributed by atoms with Gasteiger partial charge in [0.1, 0.15) is 10.7 Å². The summed E-state index contributed by atoms with van der Waals surface area (Å²) in [5, 5.41) is 3.60. The third kappa shape index (κ3) is 2.25. The lowest BCUT2D eigenvalue weighted by molar-refractivity contribution is 0.573. The molecular weight excluding hydrogens is 240 g/mol. The zero-order valence-electron chi connectivity index (χ0n) is 9.49. The second kappa shape index (κ2) is 4.15. The van der Waals surface area contributed by atoms with Crippen molar-refractivity contribution >= 4 is 22.9 Å². The molecule has 0 aromatic carbocycles. The number of halogens is 1. The normalized spacial score (nSPS) is 11.8. The molecule has 0 saturated heterocycles. The number of pyridine rings is 1. The summed E-state index contributed by atoms with van der Waals surface area (Å²) in [5.41, 5.74) is 1.91. The van der Waals surface area contributed by atoms with E-state index in [1.165, 1.54) is 0 Å². The van der Waals surface area contributed by atoms with E-state index in [0.29, 0.717) is 5.02 Å². The Kier molecular flexibility index (Phi) is 3.00. The predicted molar refractivity (Wildman–Crippen MR) is 69.1 cm³/mol. The van der Waals surface area contributed by atoms with Gasteiger partial charge in [-0.1, -0.05) is 32.4 Å². The molecule has 0 saturated carbocycles. The zero-order chi connectivity index (χ0) is 11.8. The van der Waals surface area contributed by atoms with Crippen molar-refractivity contribution in [2.75, 3.05) is 0 Å². The van der Waals surface area contributed by atoms with E-state index in [4.69, 9.17) is 11.6 Å². The molecule has 0 aliphatic heterocycles. The highest BCUT2D eigenvalue weighted by Gasteiger charge is 2.18. The van der Waals surface area contributed by atoms with Crippen LogP contribution in [0.15, 0.2) is 23.7 Å². The van der Waals surface area contributed by atoms with Gasteiger partial charge in [-0.3, -0.25) is 4.98 Å². The Morgan fingerprint density at radius 3 is 2.62 bits per heavy atom. The van der Waals surface area contributed by atoms with Crippen LogP contribution in [0.25, 0.3) is 10.7 Å². The van der Waals surface area contributed by atoms with Crippen molar-refractivity contribution in [1.29, 1.82) is 0 Å². The average molecular weight is 253 g/mol. The number of nitrogens with zero attached hydrogens (tertiary/aromatic N) is 2. The minimum Gasteiger partial charge on any atom is -0.252 e. The number of hydrogen-bond acceptors (Lipinski definition) is 3. The molecule has 0 aliphatic rings. The molecule has 16 heavy (non-hydrogen) atoms. The van der Waals surface area contributed by atoms with Crippen LogP contribution in [0, 0.1) is 0 Å². The highest BCUT2D eigenvalue weighted by molar-refractivity contribution is 7.13. The first-order chi connectivity index (χ1) is 7.48. The number of thiazole rings is 1. The summed E-state index contributed by atoms with van der Waals surface area (Å²) in [6, 6.07) is 3.66. The molecule has 0 unspecified atom stereocenters. The monoisotopic (exact) mass is 252 g/mol. The highest BCUT2D eigenvalue weighted by atomic mass is 35.5. The third-order valence-electron chi connectivity index (χ3n) is 2.23. The van der Waals surface area contributed by atoms with E-state index < -0.39 is 0 Å². The van der Waals surface area contributed by atoms with Crippen molar-refractivity contribution in [3.8, 4) is 10.7 Å². The van der Waals surface area contributed by atoms with Gasteiger partial charge in [-0.2, -0.15) is 0 Å². The molecule has 0 fully saturated rings. The van der Waals surface area contributed by atoms with Crippen LogP contribution in [0.3, 0.4) is 0 Å². The molecule has 0 radical (unpaired) electrons. The number of hydrogen-bond donors (Lipinski definition) is 0. The Bertz CT molecular complexity index is 500. The van der Waals surface area contributed by atoms with Crippen LogP contribution in [0.4, 0.5) is 0 Å². The van der Waals surface area contributed by atoms with Gasteiger partial charge in [0, 0.05) is 17.0 Å². The lowest BCUT2D eigenvalue weighted by atomic mass is 9.93. The van der Waals surface area contributed by atoms with E-state index in [2.05, 4.69) is 36.1 Å². The van der Waals surface area contributed by atoms with Gasteiger partial charge in [0.05, 0.1) is 10.7 Å². The van der Waals surface area contributed by atoms with Gasteiger partial charge in [0.25, 0.3) is 0 Å². The average Bonchev–Trinajstić information content (AvgIpc) is 2.66. The summed E-state index contributed by atoms with van der Waals surface area (Å²) in [5.74, 6) is 0. The molecule has 2 heterocycles. The Balaban J connectivity index is 2.44. The van der Waals surface area contributed by atoms with Crippen molar-refractivity contribution in [3.63, 3.8) is 0 Å². The molecule has 2 aromatic heterocycles. The number of rotatable bonds is 1. The molecule has 2 rings (SSSR count). The van der Waals surface area contributed by atoms with Crippen LogP contribution in [-0.2, 0) is 5.41 Å². The maximum absolute atomic E-state index is 6.09. The molecular formula is C12H13ClN2S. The maximum Gasteiger partial charge on any atom is 0.143 e. The molecule has 0 bridgehead atoms. The van der Waals surface area contributed by atoms with Gasteiger partial charge >= 0.3 is 0 Å². The van der Waals surface area contributed by atoms with Crippen molar-refractivity contribution in [2.24, 2.45) is 0 Å². The highest BCUT2D eigenvalue weighted by Crippen LogP contribution is 2.31. The van der Waals surface area contributed by atoms with Gasteiger partial charge in [-0.05, 0) is 12.1 Å².